The summed E-state index contributed by atoms with van der Waals surface area (Å²) < 4.78 is 1.76. The first-order chi connectivity index (χ1) is 12.8. The van der Waals surface area contributed by atoms with Crippen molar-refractivity contribution in [2.45, 2.75) is 44.8 Å². The Morgan fingerprint density at radius 1 is 1.41 bits per heavy atom. The molecule has 1 aliphatic rings. The smallest absolute Gasteiger partial charge is 0.262 e. The highest BCUT2D eigenvalue weighted by molar-refractivity contribution is 7.20. The molecule has 142 valence electrons. The standard InChI is InChI=1S/C18H22N6O2S/c1-5-6-7-18(22-23-18)8-9-19-15(25)12(3)20-16(26)14-10-13-11(2)21-24(4)17(13)27-14/h1,10,12H,6-9H2,2-4H3,(H,19,25)(H,20,26). The van der Waals surface area contributed by atoms with Crippen LogP contribution in [0.4, 0.5) is 0 Å². The van der Waals surface area contributed by atoms with Crippen molar-refractivity contribution in [1.82, 2.24) is 20.4 Å². The van der Waals surface area contributed by atoms with E-state index in [9.17, 15) is 9.59 Å². The van der Waals surface area contributed by atoms with Crippen LogP contribution in [0, 0.1) is 19.3 Å². The van der Waals surface area contributed by atoms with E-state index < -0.39 is 11.7 Å². The summed E-state index contributed by atoms with van der Waals surface area (Å²) in [5.74, 6) is 2.07. The van der Waals surface area contributed by atoms with Gasteiger partial charge in [-0.25, -0.2) is 0 Å². The lowest BCUT2D eigenvalue weighted by atomic mass is 10.0. The molecule has 0 radical (unpaired) electrons. The maximum Gasteiger partial charge on any atom is 0.262 e. The fraction of sp³-hybridized carbons (Fsp3) is 0.500. The second-order valence-electron chi connectivity index (χ2n) is 6.66. The van der Waals surface area contributed by atoms with Crippen LogP contribution in [0.1, 0.15) is 41.6 Å². The SMILES string of the molecule is C#CCCC1(CCNC(=O)C(C)NC(=O)c2cc3c(C)nn(C)c3s2)N=N1. The molecule has 8 nitrogen and oxygen atoms in total. The fourth-order valence-electron chi connectivity index (χ4n) is 2.86. The van der Waals surface area contributed by atoms with E-state index in [0.717, 1.165) is 15.9 Å². The number of terminal acetylenes is 1. The molecule has 3 rings (SSSR count). The Labute approximate surface area is 161 Å². The van der Waals surface area contributed by atoms with E-state index in [1.54, 1.807) is 11.6 Å². The Kier molecular flexibility index (Phi) is 5.28. The van der Waals surface area contributed by atoms with E-state index in [0.29, 0.717) is 30.7 Å². The molecule has 27 heavy (non-hydrogen) atoms. The summed E-state index contributed by atoms with van der Waals surface area (Å²) >= 11 is 1.36. The number of rotatable bonds is 8. The minimum absolute atomic E-state index is 0.241. The summed E-state index contributed by atoms with van der Waals surface area (Å²) in [7, 11) is 1.85. The van der Waals surface area contributed by atoms with Crippen LogP contribution in [0.25, 0.3) is 10.2 Å². The molecule has 0 aromatic carbocycles. The van der Waals surface area contributed by atoms with Crippen molar-refractivity contribution < 1.29 is 9.59 Å². The number of hydrogen-bond acceptors (Lipinski definition) is 6. The molecule has 0 bridgehead atoms. The maximum absolute atomic E-state index is 12.5. The zero-order chi connectivity index (χ0) is 19.6. The van der Waals surface area contributed by atoms with Gasteiger partial charge in [0.15, 0.2) is 5.66 Å². The van der Waals surface area contributed by atoms with Gasteiger partial charge in [0.1, 0.15) is 10.9 Å². The van der Waals surface area contributed by atoms with Crippen molar-refractivity contribution in [1.29, 1.82) is 0 Å². The number of fused-ring (bicyclic) bond motifs is 1. The normalized spacial score (nSPS) is 15.3. The van der Waals surface area contributed by atoms with Gasteiger partial charge in [0.2, 0.25) is 5.91 Å². The third-order valence-electron chi connectivity index (χ3n) is 4.54. The number of carbonyl (C=O) groups excluding carboxylic acids is 2. The molecule has 1 unspecified atom stereocenters. The first-order valence-electron chi connectivity index (χ1n) is 8.74. The van der Waals surface area contributed by atoms with E-state index in [-0.39, 0.29) is 11.8 Å². The van der Waals surface area contributed by atoms with E-state index in [4.69, 9.17) is 6.42 Å². The predicted molar refractivity (Wildman–Crippen MR) is 104 cm³/mol. The number of amides is 2. The highest BCUT2D eigenvalue weighted by Crippen LogP contribution is 2.36. The molecule has 1 atom stereocenters. The van der Waals surface area contributed by atoms with Gasteiger partial charge < -0.3 is 10.6 Å². The number of aryl methyl sites for hydroxylation is 2. The van der Waals surface area contributed by atoms with Gasteiger partial charge in [0.05, 0.1) is 10.6 Å². The first-order valence-corrected chi connectivity index (χ1v) is 9.56. The lowest BCUT2D eigenvalue weighted by Crippen LogP contribution is -2.45. The lowest BCUT2D eigenvalue weighted by molar-refractivity contribution is -0.122. The molecule has 3 heterocycles. The molecule has 0 fully saturated rings. The molecule has 0 spiro atoms. The van der Waals surface area contributed by atoms with Crippen LogP contribution in [0.3, 0.4) is 0 Å². The lowest BCUT2D eigenvalue weighted by Gasteiger charge is -2.15. The van der Waals surface area contributed by atoms with Crippen LogP contribution in [0.15, 0.2) is 16.3 Å². The number of hydrogen-bond donors (Lipinski definition) is 2. The molecule has 0 aliphatic carbocycles. The summed E-state index contributed by atoms with van der Waals surface area (Å²) in [5, 5.41) is 18.9. The summed E-state index contributed by atoms with van der Waals surface area (Å²) in [4.78, 5) is 26.2. The predicted octanol–water partition coefficient (Wildman–Crippen LogP) is 2.14. The highest BCUT2D eigenvalue weighted by atomic mass is 32.1. The van der Waals surface area contributed by atoms with Crippen LogP contribution in [-0.2, 0) is 11.8 Å². The second kappa shape index (κ2) is 7.48. The third kappa shape index (κ3) is 4.17. The number of aromatic nitrogens is 2. The average molecular weight is 386 g/mol. The Morgan fingerprint density at radius 2 is 2.15 bits per heavy atom. The van der Waals surface area contributed by atoms with E-state index in [1.165, 1.54) is 11.3 Å². The zero-order valence-corrected chi connectivity index (χ0v) is 16.4. The Hall–Kier alpha value is -2.73. The minimum Gasteiger partial charge on any atom is -0.354 e. The van der Waals surface area contributed by atoms with Gasteiger partial charge in [-0.2, -0.15) is 15.3 Å². The van der Waals surface area contributed by atoms with E-state index in [1.807, 2.05) is 20.0 Å². The monoisotopic (exact) mass is 386 g/mol. The molecule has 0 saturated carbocycles. The fourth-order valence-corrected chi connectivity index (χ4v) is 3.88. The van der Waals surface area contributed by atoms with Crippen molar-refractivity contribution in [3.63, 3.8) is 0 Å². The molecular formula is C18H22N6O2S. The topological polar surface area (TPSA) is 101 Å². The molecule has 2 aromatic heterocycles. The number of carbonyl (C=O) groups is 2. The largest absolute Gasteiger partial charge is 0.354 e. The summed E-state index contributed by atoms with van der Waals surface area (Å²) in [6.07, 6.45) is 7.19. The number of nitrogens with one attached hydrogen (secondary N) is 2. The van der Waals surface area contributed by atoms with Crippen LogP contribution < -0.4 is 10.6 Å². The van der Waals surface area contributed by atoms with Gasteiger partial charge in [-0.15, -0.1) is 23.7 Å². The van der Waals surface area contributed by atoms with Crippen molar-refractivity contribution >= 4 is 33.4 Å². The molecular weight excluding hydrogens is 364 g/mol. The van der Waals surface area contributed by atoms with Crippen LogP contribution in [0.2, 0.25) is 0 Å². The van der Waals surface area contributed by atoms with Gasteiger partial charge in [-0.3, -0.25) is 14.3 Å². The van der Waals surface area contributed by atoms with Crippen molar-refractivity contribution in [2.24, 2.45) is 17.3 Å². The highest BCUT2D eigenvalue weighted by Gasteiger charge is 2.38. The van der Waals surface area contributed by atoms with Gasteiger partial charge in [0.25, 0.3) is 5.91 Å². The Balaban J connectivity index is 1.49. The van der Waals surface area contributed by atoms with E-state index >= 15 is 0 Å². The average Bonchev–Trinajstić information content (AvgIpc) is 3.15. The second-order valence-corrected chi connectivity index (χ2v) is 7.69. The van der Waals surface area contributed by atoms with Crippen molar-refractivity contribution in [3.8, 4) is 12.3 Å². The van der Waals surface area contributed by atoms with Gasteiger partial charge >= 0.3 is 0 Å². The summed E-state index contributed by atoms with van der Waals surface area (Å²) in [5.41, 5.74) is 0.456. The zero-order valence-electron chi connectivity index (χ0n) is 15.6. The van der Waals surface area contributed by atoms with Gasteiger partial charge in [-0.05, 0) is 19.9 Å². The van der Waals surface area contributed by atoms with Crippen molar-refractivity contribution in [3.05, 3.63) is 16.6 Å². The molecule has 0 saturated heterocycles. The number of thiophene rings is 1. The quantitative estimate of drug-likeness (QED) is 0.680. The number of nitrogens with zero attached hydrogens (tertiary/aromatic N) is 4. The first kappa shape index (κ1) is 19.0. The van der Waals surface area contributed by atoms with Crippen LogP contribution >= 0.6 is 11.3 Å². The molecule has 2 N–H and O–H groups in total. The molecule has 2 aromatic rings. The van der Waals surface area contributed by atoms with Gasteiger partial charge in [0, 0.05) is 38.2 Å². The maximum atomic E-state index is 12.5. The molecule has 9 heteroatoms. The van der Waals surface area contributed by atoms with Crippen LogP contribution in [-0.4, -0.2) is 39.8 Å². The molecule has 1 aliphatic heterocycles. The van der Waals surface area contributed by atoms with Gasteiger partial charge in [-0.1, -0.05) is 0 Å². The Morgan fingerprint density at radius 3 is 2.78 bits per heavy atom. The Bertz CT molecular complexity index is 911. The minimum atomic E-state index is -0.642. The van der Waals surface area contributed by atoms with Crippen molar-refractivity contribution in [2.75, 3.05) is 6.54 Å². The van der Waals surface area contributed by atoms with E-state index in [2.05, 4.69) is 31.9 Å². The molecule has 2 amide bonds. The summed E-state index contributed by atoms with van der Waals surface area (Å²) in [6.45, 7) is 4.00. The van der Waals surface area contributed by atoms with Crippen LogP contribution in [0.5, 0.6) is 0 Å². The third-order valence-corrected chi connectivity index (χ3v) is 5.74. The summed E-state index contributed by atoms with van der Waals surface area (Å²) in [6, 6.07) is 1.17.